The number of methoxy groups -OCH3 is 2. The van der Waals surface area contributed by atoms with E-state index >= 15 is 0 Å². The topological polar surface area (TPSA) is 84.9 Å². The zero-order chi connectivity index (χ0) is 22.7. The predicted octanol–water partition coefficient (Wildman–Crippen LogP) is 3.90. The Morgan fingerprint density at radius 2 is 1.69 bits per heavy atom. The standard InChI is InChI=1S/C24H26N2O5S/c1-30-19-10-11-22(31-2)23(16-19)32(28,29)26-14-12-18(13-15-26)24(27)25-21-9-5-7-17-6-3-4-8-20(17)21/h3-11,16,18H,12-15H2,1-2H3,(H,25,27). The van der Waals surface area contributed by atoms with Crippen molar-refractivity contribution in [1.29, 1.82) is 0 Å². The quantitative estimate of drug-likeness (QED) is 0.611. The van der Waals surface area contributed by atoms with Crippen LogP contribution in [0.25, 0.3) is 10.8 Å². The molecule has 1 heterocycles. The summed E-state index contributed by atoms with van der Waals surface area (Å²) < 4.78 is 38.3. The number of sulfonamides is 1. The number of ether oxygens (including phenoxy) is 2. The summed E-state index contributed by atoms with van der Waals surface area (Å²) in [7, 11) is -0.858. The molecule has 0 atom stereocenters. The van der Waals surface area contributed by atoms with Crippen LogP contribution in [0, 0.1) is 5.92 Å². The molecule has 8 heteroatoms. The monoisotopic (exact) mass is 454 g/mol. The van der Waals surface area contributed by atoms with Gasteiger partial charge in [0.2, 0.25) is 15.9 Å². The number of rotatable bonds is 6. The molecule has 0 spiro atoms. The molecule has 4 rings (SSSR count). The van der Waals surface area contributed by atoms with Gasteiger partial charge in [-0.3, -0.25) is 4.79 Å². The van der Waals surface area contributed by atoms with Crippen molar-refractivity contribution in [3.05, 3.63) is 60.7 Å². The van der Waals surface area contributed by atoms with Gasteiger partial charge in [-0.05, 0) is 36.4 Å². The Hall–Kier alpha value is -3.10. The van der Waals surface area contributed by atoms with Crippen molar-refractivity contribution in [3.63, 3.8) is 0 Å². The van der Waals surface area contributed by atoms with Crippen LogP contribution in [0.3, 0.4) is 0 Å². The first-order valence-electron chi connectivity index (χ1n) is 10.4. The lowest BCUT2D eigenvalue weighted by Crippen LogP contribution is -2.41. The summed E-state index contributed by atoms with van der Waals surface area (Å²) in [4.78, 5) is 13.0. The number of carbonyl (C=O) groups is 1. The average molecular weight is 455 g/mol. The second-order valence-corrected chi connectivity index (χ2v) is 9.62. The Morgan fingerprint density at radius 3 is 2.41 bits per heavy atom. The summed E-state index contributed by atoms with van der Waals surface area (Å²) >= 11 is 0. The minimum Gasteiger partial charge on any atom is -0.497 e. The van der Waals surface area contributed by atoms with Crippen LogP contribution in [0.5, 0.6) is 11.5 Å². The van der Waals surface area contributed by atoms with Crippen molar-refractivity contribution in [3.8, 4) is 11.5 Å². The molecule has 0 bridgehead atoms. The van der Waals surface area contributed by atoms with Gasteiger partial charge in [0.05, 0.1) is 14.2 Å². The van der Waals surface area contributed by atoms with Crippen LogP contribution in [-0.2, 0) is 14.8 Å². The molecular weight excluding hydrogens is 428 g/mol. The highest BCUT2D eigenvalue weighted by Crippen LogP contribution is 2.33. The first kappa shape index (κ1) is 22.1. The van der Waals surface area contributed by atoms with E-state index in [-0.39, 0.29) is 35.6 Å². The minimum absolute atomic E-state index is 0.0676. The van der Waals surface area contributed by atoms with Gasteiger partial charge in [0.15, 0.2) is 0 Å². The molecule has 1 saturated heterocycles. The molecule has 0 unspecified atom stereocenters. The number of hydrogen-bond acceptors (Lipinski definition) is 5. The van der Waals surface area contributed by atoms with E-state index in [0.717, 1.165) is 16.5 Å². The summed E-state index contributed by atoms with van der Waals surface area (Å²) in [5.41, 5.74) is 0.768. The van der Waals surface area contributed by atoms with Gasteiger partial charge in [-0.2, -0.15) is 4.31 Å². The summed E-state index contributed by atoms with van der Waals surface area (Å²) in [5, 5.41) is 5.06. The van der Waals surface area contributed by atoms with Crippen LogP contribution in [0.1, 0.15) is 12.8 Å². The first-order valence-corrected chi connectivity index (χ1v) is 11.9. The van der Waals surface area contributed by atoms with Gasteiger partial charge < -0.3 is 14.8 Å². The maximum Gasteiger partial charge on any atom is 0.246 e. The van der Waals surface area contributed by atoms with Crippen molar-refractivity contribution >= 4 is 32.4 Å². The van der Waals surface area contributed by atoms with Gasteiger partial charge in [-0.25, -0.2) is 8.42 Å². The van der Waals surface area contributed by atoms with Crippen molar-refractivity contribution in [2.75, 3.05) is 32.6 Å². The Morgan fingerprint density at radius 1 is 0.969 bits per heavy atom. The number of carbonyl (C=O) groups excluding carboxylic acids is 1. The summed E-state index contributed by atoms with van der Waals surface area (Å²) in [5.74, 6) is 0.361. The number of fused-ring (bicyclic) bond motifs is 1. The molecule has 1 aliphatic heterocycles. The Bertz CT molecular complexity index is 1230. The van der Waals surface area contributed by atoms with Gasteiger partial charge >= 0.3 is 0 Å². The molecule has 1 fully saturated rings. The molecule has 1 aliphatic rings. The van der Waals surface area contributed by atoms with Gasteiger partial charge in [0, 0.05) is 36.1 Å². The lowest BCUT2D eigenvalue weighted by Gasteiger charge is -2.31. The number of nitrogens with one attached hydrogen (secondary N) is 1. The maximum atomic E-state index is 13.2. The molecular formula is C24H26N2O5S. The number of amides is 1. The molecule has 0 radical (unpaired) electrons. The highest BCUT2D eigenvalue weighted by atomic mass is 32.2. The third-order valence-electron chi connectivity index (χ3n) is 5.86. The van der Waals surface area contributed by atoms with Crippen molar-refractivity contribution in [1.82, 2.24) is 4.31 Å². The maximum absolute atomic E-state index is 13.2. The fourth-order valence-corrected chi connectivity index (χ4v) is 5.69. The number of piperidine rings is 1. The van der Waals surface area contributed by atoms with E-state index in [4.69, 9.17) is 9.47 Å². The first-order chi connectivity index (χ1) is 15.4. The average Bonchev–Trinajstić information content (AvgIpc) is 2.84. The molecule has 0 aliphatic carbocycles. The number of nitrogens with zero attached hydrogens (tertiary/aromatic N) is 1. The fraction of sp³-hybridized carbons (Fsp3) is 0.292. The summed E-state index contributed by atoms with van der Waals surface area (Å²) in [6, 6.07) is 18.4. The molecule has 168 valence electrons. The third-order valence-corrected chi connectivity index (χ3v) is 7.78. The second kappa shape index (κ2) is 9.18. The minimum atomic E-state index is -3.78. The molecule has 0 aromatic heterocycles. The lowest BCUT2D eigenvalue weighted by atomic mass is 9.97. The highest BCUT2D eigenvalue weighted by molar-refractivity contribution is 7.89. The fourth-order valence-electron chi connectivity index (χ4n) is 4.05. The van der Waals surface area contributed by atoms with Crippen molar-refractivity contribution in [2.45, 2.75) is 17.7 Å². The van der Waals surface area contributed by atoms with Crippen LogP contribution in [0.4, 0.5) is 5.69 Å². The predicted molar refractivity (Wildman–Crippen MR) is 124 cm³/mol. The second-order valence-electron chi connectivity index (χ2n) is 7.71. The van der Waals surface area contributed by atoms with Crippen molar-refractivity contribution < 1.29 is 22.7 Å². The number of anilines is 1. The zero-order valence-electron chi connectivity index (χ0n) is 18.1. The molecule has 32 heavy (non-hydrogen) atoms. The Labute approximate surface area is 188 Å². The molecule has 3 aromatic carbocycles. The van der Waals surface area contributed by atoms with E-state index in [1.54, 1.807) is 12.1 Å². The molecule has 7 nitrogen and oxygen atoms in total. The highest BCUT2D eigenvalue weighted by Gasteiger charge is 2.34. The Kier molecular flexibility index (Phi) is 6.34. The van der Waals surface area contributed by atoms with E-state index in [1.165, 1.54) is 24.6 Å². The Balaban J connectivity index is 1.46. The largest absolute Gasteiger partial charge is 0.497 e. The molecule has 1 amide bonds. The van der Waals surface area contributed by atoms with Gasteiger partial charge in [-0.15, -0.1) is 0 Å². The van der Waals surface area contributed by atoms with Crippen LogP contribution < -0.4 is 14.8 Å². The summed E-state index contributed by atoms with van der Waals surface area (Å²) in [6.45, 7) is 0.520. The van der Waals surface area contributed by atoms with Crippen LogP contribution >= 0.6 is 0 Å². The van der Waals surface area contributed by atoms with Gasteiger partial charge in [0.25, 0.3) is 0 Å². The van der Waals surface area contributed by atoms with E-state index in [2.05, 4.69) is 5.32 Å². The van der Waals surface area contributed by atoms with Gasteiger partial charge in [-0.1, -0.05) is 36.4 Å². The van der Waals surface area contributed by atoms with Gasteiger partial charge in [0.1, 0.15) is 16.4 Å². The SMILES string of the molecule is COc1ccc(OC)c(S(=O)(=O)N2CCC(C(=O)Nc3cccc4ccccc34)CC2)c1. The molecule has 1 N–H and O–H groups in total. The van der Waals surface area contributed by atoms with E-state index < -0.39 is 10.0 Å². The van der Waals surface area contributed by atoms with Crippen molar-refractivity contribution in [2.24, 2.45) is 5.92 Å². The summed E-state index contributed by atoms with van der Waals surface area (Å²) in [6.07, 6.45) is 0.893. The van der Waals surface area contributed by atoms with Crippen LogP contribution in [0.15, 0.2) is 65.6 Å². The van der Waals surface area contributed by atoms with Crippen LogP contribution in [-0.4, -0.2) is 45.9 Å². The smallest absolute Gasteiger partial charge is 0.246 e. The normalized spacial score (nSPS) is 15.4. The molecule has 3 aromatic rings. The third kappa shape index (κ3) is 4.28. The number of hydrogen-bond donors (Lipinski definition) is 1. The van der Waals surface area contributed by atoms with E-state index in [9.17, 15) is 13.2 Å². The molecule has 0 saturated carbocycles. The van der Waals surface area contributed by atoms with E-state index in [0.29, 0.717) is 18.6 Å². The lowest BCUT2D eigenvalue weighted by molar-refractivity contribution is -0.120. The zero-order valence-corrected chi connectivity index (χ0v) is 18.9. The number of benzene rings is 3. The van der Waals surface area contributed by atoms with Crippen LogP contribution in [0.2, 0.25) is 0 Å². The van der Waals surface area contributed by atoms with E-state index in [1.807, 2.05) is 42.5 Å².